The molecule has 0 atom stereocenters. The smallest absolute Gasteiger partial charge is 0.420 e. The molecule has 0 fully saturated rings. The summed E-state index contributed by atoms with van der Waals surface area (Å²) < 4.78 is 36.7. The van der Waals surface area contributed by atoms with Crippen LogP contribution in [0.5, 0.6) is 5.75 Å². The van der Waals surface area contributed by atoms with E-state index < -0.39 is 29.1 Å². The maximum absolute atomic E-state index is 12.2. The monoisotopic (exact) mass is 226 g/mol. The maximum Gasteiger partial charge on any atom is 0.420 e. The average molecular weight is 227 g/mol. The first-order valence-electron chi connectivity index (χ1n) is 3.55. The Bertz CT molecular complexity index is 349. The van der Waals surface area contributed by atoms with Crippen LogP contribution in [0.3, 0.4) is 0 Å². The Morgan fingerprint density at radius 3 is 2.29 bits per heavy atom. The van der Waals surface area contributed by atoms with Gasteiger partial charge >= 0.3 is 6.18 Å². The van der Waals surface area contributed by atoms with Crippen LogP contribution in [0.15, 0.2) is 12.1 Å². The summed E-state index contributed by atoms with van der Waals surface area (Å²) in [6.07, 6.45) is -4.68. The van der Waals surface area contributed by atoms with Crippen molar-refractivity contribution in [2.45, 2.75) is 12.8 Å². The molecule has 78 valence electrons. The third-order valence-corrected chi connectivity index (χ3v) is 1.90. The maximum atomic E-state index is 12.2. The molecule has 0 unspecified atom stereocenters. The summed E-state index contributed by atoms with van der Waals surface area (Å²) in [4.78, 5) is 0. The number of benzene rings is 1. The summed E-state index contributed by atoms with van der Waals surface area (Å²) in [6.45, 7) is -0.566. The van der Waals surface area contributed by atoms with E-state index in [9.17, 15) is 13.2 Å². The topological polar surface area (TPSA) is 40.5 Å². The van der Waals surface area contributed by atoms with Crippen LogP contribution in [0, 0.1) is 0 Å². The van der Waals surface area contributed by atoms with E-state index in [2.05, 4.69) is 0 Å². The summed E-state index contributed by atoms with van der Waals surface area (Å²) in [5, 5.41) is 17.2. The lowest BCUT2D eigenvalue weighted by Crippen LogP contribution is -2.06. The van der Waals surface area contributed by atoms with Gasteiger partial charge in [-0.05, 0) is 17.7 Å². The molecule has 0 heterocycles. The molecule has 0 saturated carbocycles. The van der Waals surface area contributed by atoms with E-state index in [1.54, 1.807) is 0 Å². The van der Waals surface area contributed by atoms with Gasteiger partial charge in [0.25, 0.3) is 0 Å². The predicted molar refractivity (Wildman–Crippen MR) is 44.0 cm³/mol. The Kier molecular flexibility index (Phi) is 2.92. The number of halogens is 4. The quantitative estimate of drug-likeness (QED) is 0.773. The number of aromatic hydroxyl groups is 1. The van der Waals surface area contributed by atoms with Gasteiger partial charge in [0.1, 0.15) is 5.75 Å². The van der Waals surface area contributed by atoms with E-state index in [0.717, 1.165) is 6.07 Å². The molecule has 0 radical (unpaired) electrons. The number of phenolic OH excluding ortho intramolecular Hbond substituents is 1. The molecule has 1 aromatic rings. The van der Waals surface area contributed by atoms with Crippen molar-refractivity contribution < 1.29 is 23.4 Å². The highest BCUT2D eigenvalue weighted by Gasteiger charge is 2.35. The van der Waals surface area contributed by atoms with Crippen molar-refractivity contribution in [1.29, 1.82) is 0 Å². The van der Waals surface area contributed by atoms with Gasteiger partial charge in [-0.2, -0.15) is 13.2 Å². The van der Waals surface area contributed by atoms with Crippen LogP contribution in [0.25, 0.3) is 0 Å². The molecule has 1 aromatic carbocycles. The number of aliphatic hydroxyl groups is 1. The van der Waals surface area contributed by atoms with Gasteiger partial charge in [0, 0.05) is 0 Å². The molecule has 0 amide bonds. The molecule has 0 aliphatic rings. The second kappa shape index (κ2) is 3.67. The van der Waals surface area contributed by atoms with Gasteiger partial charge in [-0.3, -0.25) is 0 Å². The van der Waals surface area contributed by atoms with Crippen molar-refractivity contribution in [2.75, 3.05) is 0 Å². The summed E-state index contributed by atoms with van der Waals surface area (Å²) in [5.74, 6) is -1.02. The third kappa shape index (κ3) is 2.10. The van der Waals surface area contributed by atoms with Gasteiger partial charge in [-0.1, -0.05) is 11.6 Å². The minimum Gasteiger partial charge on any atom is -0.506 e. The highest BCUT2D eigenvalue weighted by Crippen LogP contribution is 2.40. The fourth-order valence-corrected chi connectivity index (χ4v) is 1.20. The summed E-state index contributed by atoms with van der Waals surface area (Å²) in [5.41, 5.74) is -1.24. The van der Waals surface area contributed by atoms with Crippen molar-refractivity contribution in [1.82, 2.24) is 0 Å². The van der Waals surface area contributed by atoms with E-state index in [1.807, 2.05) is 0 Å². The van der Waals surface area contributed by atoms with Gasteiger partial charge in [0.05, 0.1) is 17.2 Å². The number of aliphatic hydroxyl groups excluding tert-OH is 1. The molecule has 0 aliphatic carbocycles. The van der Waals surface area contributed by atoms with Crippen molar-refractivity contribution in [3.8, 4) is 5.75 Å². The second-order valence-corrected chi connectivity index (χ2v) is 3.04. The van der Waals surface area contributed by atoms with Crippen molar-refractivity contribution >= 4 is 11.6 Å². The number of rotatable bonds is 1. The molecule has 0 aliphatic heterocycles. The lowest BCUT2D eigenvalue weighted by atomic mass is 10.1. The zero-order valence-electron chi connectivity index (χ0n) is 6.77. The molecular formula is C8H6ClF3O2. The largest absolute Gasteiger partial charge is 0.506 e. The average Bonchev–Trinajstić information content (AvgIpc) is 2.07. The highest BCUT2D eigenvalue weighted by atomic mass is 35.5. The highest BCUT2D eigenvalue weighted by molar-refractivity contribution is 6.32. The van der Waals surface area contributed by atoms with E-state index in [1.165, 1.54) is 0 Å². The SMILES string of the molecule is OCc1cc(Cl)c(O)c(C(F)(F)F)c1. The van der Waals surface area contributed by atoms with Crippen LogP contribution in [0.2, 0.25) is 5.02 Å². The number of hydrogen-bond acceptors (Lipinski definition) is 2. The van der Waals surface area contributed by atoms with Crippen LogP contribution in [-0.2, 0) is 12.8 Å². The summed E-state index contributed by atoms with van der Waals surface area (Å²) >= 11 is 5.34. The molecule has 0 spiro atoms. The van der Waals surface area contributed by atoms with Gasteiger partial charge in [0.15, 0.2) is 0 Å². The molecule has 2 nitrogen and oxygen atoms in total. The Morgan fingerprint density at radius 1 is 1.29 bits per heavy atom. The first kappa shape index (κ1) is 11.1. The molecule has 0 saturated heterocycles. The van der Waals surface area contributed by atoms with E-state index in [-0.39, 0.29) is 5.56 Å². The Hall–Kier alpha value is -0.940. The summed E-state index contributed by atoms with van der Waals surface area (Å²) in [6, 6.07) is 1.73. The number of hydrogen-bond donors (Lipinski definition) is 2. The lowest BCUT2D eigenvalue weighted by Gasteiger charge is -2.11. The van der Waals surface area contributed by atoms with Gasteiger partial charge < -0.3 is 10.2 Å². The molecule has 6 heteroatoms. The Labute approximate surface area is 82.5 Å². The first-order valence-corrected chi connectivity index (χ1v) is 3.93. The second-order valence-electron chi connectivity index (χ2n) is 2.63. The van der Waals surface area contributed by atoms with Crippen molar-refractivity contribution in [3.63, 3.8) is 0 Å². The van der Waals surface area contributed by atoms with Crippen molar-refractivity contribution in [2.24, 2.45) is 0 Å². The van der Waals surface area contributed by atoms with Crippen LogP contribution in [0.4, 0.5) is 13.2 Å². The zero-order chi connectivity index (χ0) is 10.9. The standard InChI is InChI=1S/C8H6ClF3O2/c9-6-2-4(3-13)1-5(7(6)14)8(10,11)12/h1-2,13-14H,3H2. The normalized spacial score (nSPS) is 11.8. The Balaban J connectivity index is 3.35. The van der Waals surface area contributed by atoms with Crippen LogP contribution < -0.4 is 0 Å². The Morgan fingerprint density at radius 2 is 1.86 bits per heavy atom. The number of phenols is 1. The molecule has 0 bridgehead atoms. The molecule has 1 rings (SSSR count). The van der Waals surface area contributed by atoms with E-state index in [4.69, 9.17) is 21.8 Å². The fourth-order valence-electron chi connectivity index (χ4n) is 0.963. The molecule has 14 heavy (non-hydrogen) atoms. The van der Waals surface area contributed by atoms with Gasteiger partial charge in [0.2, 0.25) is 0 Å². The van der Waals surface area contributed by atoms with E-state index in [0.29, 0.717) is 6.07 Å². The fraction of sp³-hybridized carbons (Fsp3) is 0.250. The lowest BCUT2D eigenvalue weighted by molar-refractivity contribution is -0.138. The van der Waals surface area contributed by atoms with Gasteiger partial charge in [-0.15, -0.1) is 0 Å². The van der Waals surface area contributed by atoms with Crippen LogP contribution in [-0.4, -0.2) is 10.2 Å². The zero-order valence-corrected chi connectivity index (χ0v) is 7.52. The first-order chi connectivity index (χ1) is 6.36. The predicted octanol–water partition coefficient (Wildman–Crippen LogP) is 2.56. The molecular weight excluding hydrogens is 221 g/mol. The number of alkyl halides is 3. The van der Waals surface area contributed by atoms with E-state index >= 15 is 0 Å². The van der Waals surface area contributed by atoms with Crippen LogP contribution in [0.1, 0.15) is 11.1 Å². The third-order valence-electron chi connectivity index (χ3n) is 1.61. The van der Waals surface area contributed by atoms with Crippen molar-refractivity contribution in [3.05, 3.63) is 28.3 Å². The van der Waals surface area contributed by atoms with Gasteiger partial charge in [-0.25, -0.2) is 0 Å². The minimum absolute atomic E-state index is 0.000116. The van der Waals surface area contributed by atoms with Crippen LogP contribution >= 0.6 is 11.6 Å². The minimum atomic E-state index is -4.68. The molecule has 0 aromatic heterocycles. The molecule has 2 N–H and O–H groups in total. The summed E-state index contributed by atoms with van der Waals surface area (Å²) in [7, 11) is 0.